The number of benzene rings is 2. The third kappa shape index (κ3) is 4.08. The molecule has 1 aromatic heterocycles. The van der Waals surface area contributed by atoms with E-state index in [0.29, 0.717) is 6.42 Å². The second-order valence-electron chi connectivity index (χ2n) is 7.93. The Balaban J connectivity index is 1.68. The summed E-state index contributed by atoms with van der Waals surface area (Å²) in [5, 5.41) is 38.8. The molecule has 0 bridgehead atoms. The Kier molecular flexibility index (Phi) is 5.97. The first-order valence-corrected chi connectivity index (χ1v) is 11.1. The van der Waals surface area contributed by atoms with E-state index >= 15 is 0 Å². The fourth-order valence-electron chi connectivity index (χ4n) is 4.10. The lowest BCUT2D eigenvalue weighted by Crippen LogP contribution is -2.39. The van der Waals surface area contributed by atoms with Gasteiger partial charge in [0.15, 0.2) is 0 Å². The molecule has 1 fully saturated rings. The van der Waals surface area contributed by atoms with Crippen molar-refractivity contribution < 1.29 is 15.3 Å². The van der Waals surface area contributed by atoms with Crippen LogP contribution in [0.3, 0.4) is 0 Å². The molecule has 0 saturated carbocycles. The molecule has 2 heterocycles. The minimum atomic E-state index is -0.851. The van der Waals surface area contributed by atoms with Gasteiger partial charge in [0, 0.05) is 22.8 Å². The monoisotopic (exact) mass is 412 g/mol. The van der Waals surface area contributed by atoms with E-state index in [1.165, 1.54) is 11.1 Å². The molecule has 0 amide bonds. The van der Waals surface area contributed by atoms with Crippen LogP contribution in [0.25, 0.3) is 10.9 Å². The third-order valence-electron chi connectivity index (χ3n) is 5.89. The van der Waals surface area contributed by atoms with Crippen molar-refractivity contribution in [3.63, 3.8) is 0 Å². The lowest BCUT2D eigenvalue weighted by Gasteiger charge is -2.36. The highest BCUT2D eigenvalue weighted by Crippen LogP contribution is 2.44. The molecule has 4 atom stereocenters. The molecule has 1 saturated heterocycles. The predicted octanol–water partition coefficient (Wildman–Crippen LogP) is 3.29. The number of nitrogens with zero attached hydrogens (tertiary/aromatic N) is 1. The second-order valence-corrected chi connectivity index (χ2v) is 9.38. The van der Waals surface area contributed by atoms with Gasteiger partial charge in [0.25, 0.3) is 0 Å². The van der Waals surface area contributed by atoms with E-state index in [2.05, 4.69) is 47.5 Å². The van der Waals surface area contributed by atoms with E-state index in [-0.39, 0.29) is 17.1 Å². The topological polar surface area (TPSA) is 89.4 Å². The van der Waals surface area contributed by atoms with E-state index in [1.807, 2.05) is 13.0 Å². The molecule has 4 rings (SSSR count). The summed E-state index contributed by atoms with van der Waals surface area (Å²) in [7, 11) is 0. The SMILES string of the molecule is CCc1ccc(Cc2[nH]nc3cc(C)c(C4S[C@H](CO)C[C@H](O)[C@H]4O)cc23)cc1. The van der Waals surface area contributed by atoms with E-state index in [9.17, 15) is 15.3 Å². The van der Waals surface area contributed by atoms with Crippen LogP contribution in [0.2, 0.25) is 0 Å². The molecule has 0 aliphatic carbocycles. The Hall–Kier alpha value is -1.86. The van der Waals surface area contributed by atoms with Crippen LogP contribution in [0.5, 0.6) is 0 Å². The molecule has 1 aliphatic rings. The van der Waals surface area contributed by atoms with Gasteiger partial charge >= 0.3 is 0 Å². The van der Waals surface area contributed by atoms with Crippen LogP contribution in [0.1, 0.15) is 46.5 Å². The zero-order valence-corrected chi connectivity index (χ0v) is 17.6. The fraction of sp³-hybridized carbons (Fsp3) is 0.435. The van der Waals surface area contributed by atoms with Crippen molar-refractivity contribution >= 4 is 22.7 Å². The number of aliphatic hydroxyl groups excluding tert-OH is 3. The Bertz CT molecular complexity index is 986. The van der Waals surface area contributed by atoms with E-state index < -0.39 is 12.2 Å². The second kappa shape index (κ2) is 8.48. The highest BCUT2D eigenvalue weighted by atomic mass is 32.2. The Labute approximate surface area is 175 Å². The number of H-pyrrole nitrogens is 1. The Morgan fingerprint density at radius 1 is 1.14 bits per heavy atom. The van der Waals surface area contributed by atoms with E-state index in [1.54, 1.807) is 11.8 Å². The first-order chi connectivity index (χ1) is 14.0. The minimum Gasteiger partial charge on any atom is -0.395 e. The van der Waals surface area contributed by atoms with Gasteiger partial charge in [0.1, 0.15) is 0 Å². The van der Waals surface area contributed by atoms with Crippen molar-refractivity contribution in [2.75, 3.05) is 6.61 Å². The molecule has 2 aromatic carbocycles. The summed E-state index contributed by atoms with van der Waals surface area (Å²) in [4.78, 5) is 0. The van der Waals surface area contributed by atoms with E-state index in [0.717, 1.165) is 40.6 Å². The van der Waals surface area contributed by atoms with Crippen molar-refractivity contribution in [3.8, 4) is 0 Å². The average Bonchev–Trinajstić information content (AvgIpc) is 3.11. The number of hydrogen-bond donors (Lipinski definition) is 4. The van der Waals surface area contributed by atoms with Crippen LogP contribution in [-0.4, -0.2) is 49.6 Å². The van der Waals surface area contributed by atoms with Crippen LogP contribution < -0.4 is 0 Å². The van der Waals surface area contributed by atoms with Gasteiger partial charge in [-0.1, -0.05) is 31.2 Å². The summed E-state index contributed by atoms with van der Waals surface area (Å²) in [6.45, 7) is 4.16. The highest BCUT2D eigenvalue weighted by Gasteiger charge is 2.37. The summed E-state index contributed by atoms with van der Waals surface area (Å²) >= 11 is 1.55. The maximum Gasteiger partial charge on any atom is 0.0958 e. The van der Waals surface area contributed by atoms with Gasteiger partial charge in [-0.15, -0.1) is 11.8 Å². The zero-order chi connectivity index (χ0) is 20.5. The molecule has 1 aliphatic heterocycles. The summed E-state index contributed by atoms with van der Waals surface area (Å²) < 4.78 is 0. The van der Waals surface area contributed by atoms with Crippen LogP contribution >= 0.6 is 11.8 Å². The predicted molar refractivity (Wildman–Crippen MR) is 117 cm³/mol. The number of nitrogens with one attached hydrogen (secondary N) is 1. The Morgan fingerprint density at radius 3 is 2.55 bits per heavy atom. The molecule has 1 unspecified atom stereocenters. The summed E-state index contributed by atoms with van der Waals surface area (Å²) in [5.74, 6) is 0. The molecular formula is C23H28N2O3S. The van der Waals surface area contributed by atoms with E-state index in [4.69, 9.17) is 0 Å². The Morgan fingerprint density at radius 2 is 1.86 bits per heavy atom. The van der Waals surface area contributed by atoms with Crippen molar-refractivity contribution in [3.05, 3.63) is 64.3 Å². The van der Waals surface area contributed by atoms with Crippen molar-refractivity contribution in [1.29, 1.82) is 0 Å². The normalized spacial score (nSPS) is 24.9. The number of aryl methyl sites for hydroxylation is 2. The zero-order valence-electron chi connectivity index (χ0n) is 16.8. The average molecular weight is 413 g/mol. The molecule has 0 spiro atoms. The van der Waals surface area contributed by atoms with Gasteiger partial charge in [-0.05, 0) is 54.2 Å². The first kappa shape index (κ1) is 20.4. The molecule has 4 N–H and O–H groups in total. The van der Waals surface area contributed by atoms with Crippen LogP contribution in [-0.2, 0) is 12.8 Å². The van der Waals surface area contributed by atoms with Crippen LogP contribution in [0, 0.1) is 6.92 Å². The van der Waals surface area contributed by atoms with Crippen molar-refractivity contribution in [2.45, 2.75) is 55.8 Å². The molecule has 6 heteroatoms. The van der Waals surface area contributed by atoms with Gasteiger partial charge in [0.2, 0.25) is 0 Å². The maximum absolute atomic E-state index is 10.6. The minimum absolute atomic E-state index is 0.00302. The lowest BCUT2D eigenvalue weighted by atomic mass is 9.94. The van der Waals surface area contributed by atoms with Crippen LogP contribution in [0.4, 0.5) is 0 Å². The number of aromatic nitrogens is 2. The van der Waals surface area contributed by atoms with Gasteiger partial charge in [0.05, 0.1) is 29.6 Å². The fourth-order valence-corrected chi connectivity index (χ4v) is 5.65. The molecule has 154 valence electrons. The maximum atomic E-state index is 10.6. The summed E-state index contributed by atoms with van der Waals surface area (Å²) in [6, 6.07) is 12.8. The number of fused-ring (bicyclic) bond motifs is 1. The molecule has 0 radical (unpaired) electrons. The quantitative estimate of drug-likeness (QED) is 0.516. The van der Waals surface area contributed by atoms with Gasteiger partial charge < -0.3 is 15.3 Å². The molecular weight excluding hydrogens is 384 g/mol. The molecule has 5 nitrogen and oxygen atoms in total. The third-order valence-corrected chi connectivity index (χ3v) is 7.44. The van der Waals surface area contributed by atoms with Crippen molar-refractivity contribution in [1.82, 2.24) is 10.2 Å². The van der Waals surface area contributed by atoms with Gasteiger partial charge in [-0.25, -0.2) is 0 Å². The van der Waals surface area contributed by atoms with Crippen LogP contribution in [0.15, 0.2) is 36.4 Å². The number of aliphatic hydroxyl groups is 3. The smallest absolute Gasteiger partial charge is 0.0958 e. The lowest BCUT2D eigenvalue weighted by molar-refractivity contribution is 0.00520. The summed E-state index contributed by atoms with van der Waals surface area (Å²) in [5.41, 5.74) is 6.52. The standard InChI is InChI=1S/C23H28N2O3S/c1-3-14-4-6-15(7-5-14)9-20-18-11-17(13(2)8-19(18)24-25-20)23-22(28)21(27)10-16(12-26)29-23/h4-8,11,16,21-23,26-28H,3,9-10,12H2,1-2H3,(H,24,25)/t16-,21-,22+,23?/m0/s1. The highest BCUT2D eigenvalue weighted by molar-refractivity contribution is 8.00. The molecule has 3 aromatic rings. The largest absolute Gasteiger partial charge is 0.395 e. The number of aromatic amines is 1. The van der Waals surface area contributed by atoms with Crippen molar-refractivity contribution in [2.24, 2.45) is 0 Å². The number of thioether (sulfide) groups is 1. The van der Waals surface area contributed by atoms with Gasteiger partial charge in [-0.3, -0.25) is 5.10 Å². The molecule has 29 heavy (non-hydrogen) atoms. The number of hydrogen-bond acceptors (Lipinski definition) is 5. The number of rotatable bonds is 5. The summed E-state index contributed by atoms with van der Waals surface area (Å²) in [6.07, 6.45) is 0.513. The first-order valence-electron chi connectivity index (χ1n) is 10.2. The van der Waals surface area contributed by atoms with Gasteiger partial charge in [-0.2, -0.15) is 5.10 Å².